The average molecular weight is 353 g/mol. The number of aryl methyl sites for hydroxylation is 1. The van der Waals surface area contributed by atoms with E-state index in [1.165, 1.54) is 0 Å². The van der Waals surface area contributed by atoms with E-state index in [2.05, 4.69) is 26.1 Å². The molecule has 0 spiro atoms. The summed E-state index contributed by atoms with van der Waals surface area (Å²) < 4.78 is 10.5. The SMILES string of the molecule is CCOc1ccc(NC(=O)Nc2cc(C)on2)c(Nc2ccncc2)c1. The summed E-state index contributed by atoms with van der Waals surface area (Å²) in [6.45, 7) is 4.21. The number of anilines is 4. The molecule has 8 heteroatoms. The van der Waals surface area contributed by atoms with Crippen molar-refractivity contribution < 1.29 is 14.1 Å². The van der Waals surface area contributed by atoms with Crippen molar-refractivity contribution in [1.82, 2.24) is 10.1 Å². The van der Waals surface area contributed by atoms with Crippen molar-refractivity contribution in [3.05, 3.63) is 54.6 Å². The number of ether oxygens (including phenoxy) is 1. The highest BCUT2D eigenvalue weighted by Gasteiger charge is 2.11. The maximum Gasteiger partial charge on any atom is 0.325 e. The Bertz CT molecular complexity index is 880. The average Bonchev–Trinajstić information content (AvgIpc) is 3.03. The van der Waals surface area contributed by atoms with Gasteiger partial charge >= 0.3 is 6.03 Å². The molecule has 1 aromatic carbocycles. The number of carbonyl (C=O) groups is 1. The van der Waals surface area contributed by atoms with Gasteiger partial charge in [-0.25, -0.2) is 4.79 Å². The highest BCUT2D eigenvalue weighted by Crippen LogP contribution is 2.30. The fourth-order valence-corrected chi connectivity index (χ4v) is 2.28. The number of nitrogens with zero attached hydrogens (tertiary/aromatic N) is 2. The van der Waals surface area contributed by atoms with E-state index < -0.39 is 6.03 Å². The van der Waals surface area contributed by atoms with E-state index in [1.54, 1.807) is 37.5 Å². The molecule has 2 aromatic heterocycles. The lowest BCUT2D eigenvalue weighted by molar-refractivity contribution is 0.262. The minimum Gasteiger partial charge on any atom is -0.494 e. The first-order chi connectivity index (χ1) is 12.6. The van der Waals surface area contributed by atoms with E-state index in [-0.39, 0.29) is 0 Å². The lowest BCUT2D eigenvalue weighted by Gasteiger charge is -2.15. The number of nitrogens with one attached hydrogen (secondary N) is 3. The molecule has 2 heterocycles. The van der Waals surface area contributed by atoms with Gasteiger partial charge in [0.25, 0.3) is 0 Å². The van der Waals surface area contributed by atoms with Crippen molar-refractivity contribution in [1.29, 1.82) is 0 Å². The van der Waals surface area contributed by atoms with Crippen LogP contribution in [0.25, 0.3) is 0 Å². The fraction of sp³-hybridized carbons (Fsp3) is 0.167. The van der Waals surface area contributed by atoms with Crippen LogP contribution in [0.3, 0.4) is 0 Å². The van der Waals surface area contributed by atoms with Gasteiger partial charge in [-0.3, -0.25) is 10.3 Å². The number of hydrogen-bond acceptors (Lipinski definition) is 6. The largest absolute Gasteiger partial charge is 0.494 e. The van der Waals surface area contributed by atoms with E-state index >= 15 is 0 Å². The number of urea groups is 1. The first-order valence-corrected chi connectivity index (χ1v) is 8.09. The molecule has 3 N–H and O–H groups in total. The maximum absolute atomic E-state index is 12.2. The summed E-state index contributed by atoms with van der Waals surface area (Å²) in [5, 5.41) is 12.4. The first-order valence-electron chi connectivity index (χ1n) is 8.09. The third kappa shape index (κ3) is 4.50. The molecule has 0 aliphatic carbocycles. The van der Waals surface area contributed by atoms with Crippen LogP contribution in [0.15, 0.2) is 53.3 Å². The van der Waals surface area contributed by atoms with Crippen molar-refractivity contribution in [2.24, 2.45) is 0 Å². The lowest BCUT2D eigenvalue weighted by Crippen LogP contribution is -2.20. The molecular formula is C18H19N5O3. The minimum absolute atomic E-state index is 0.342. The molecule has 0 aliphatic rings. The van der Waals surface area contributed by atoms with Gasteiger partial charge in [0.1, 0.15) is 11.5 Å². The summed E-state index contributed by atoms with van der Waals surface area (Å²) in [6, 6.07) is 10.2. The highest BCUT2D eigenvalue weighted by molar-refractivity contribution is 6.01. The smallest absolute Gasteiger partial charge is 0.325 e. The zero-order valence-electron chi connectivity index (χ0n) is 14.4. The number of pyridine rings is 1. The maximum atomic E-state index is 12.2. The molecular weight excluding hydrogens is 334 g/mol. The predicted molar refractivity (Wildman–Crippen MR) is 99.0 cm³/mol. The Hall–Kier alpha value is -3.55. The van der Waals surface area contributed by atoms with Gasteiger partial charge < -0.3 is 19.9 Å². The Kier molecular flexibility index (Phi) is 5.33. The summed E-state index contributed by atoms with van der Waals surface area (Å²) in [6.07, 6.45) is 3.36. The Balaban J connectivity index is 1.79. The lowest BCUT2D eigenvalue weighted by atomic mass is 10.2. The van der Waals surface area contributed by atoms with Gasteiger partial charge in [-0.2, -0.15) is 0 Å². The Morgan fingerprint density at radius 3 is 2.62 bits per heavy atom. The number of benzene rings is 1. The molecule has 2 amide bonds. The number of hydrogen-bond donors (Lipinski definition) is 3. The molecule has 0 unspecified atom stereocenters. The third-order valence-electron chi connectivity index (χ3n) is 3.38. The molecule has 3 aromatic rings. The van der Waals surface area contributed by atoms with Crippen LogP contribution >= 0.6 is 0 Å². The second-order valence-corrected chi connectivity index (χ2v) is 5.40. The minimum atomic E-state index is -0.430. The second-order valence-electron chi connectivity index (χ2n) is 5.40. The third-order valence-corrected chi connectivity index (χ3v) is 3.38. The molecule has 8 nitrogen and oxygen atoms in total. The molecule has 0 atom stereocenters. The molecule has 0 radical (unpaired) electrons. The monoisotopic (exact) mass is 353 g/mol. The van der Waals surface area contributed by atoms with Crippen LogP contribution in [0.2, 0.25) is 0 Å². The van der Waals surface area contributed by atoms with Gasteiger partial charge in [-0.1, -0.05) is 5.16 Å². The zero-order valence-corrected chi connectivity index (χ0v) is 14.4. The summed E-state index contributed by atoms with van der Waals surface area (Å²) in [5.41, 5.74) is 2.11. The van der Waals surface area contributed by atoms with Gasteiger partial charge in [0.2, 0.25) is 0 Å². The number of amides is 2. The number of rotatable bonds is 6. The summed E-state index contributed by atoms with van der Waals surface area (Å²) in [7, 11) is 0. The molecule has 26 heavy (non-hydrogen) atoms. The van der Waals surface area contributed by atoms with Gasteiger partial charge in [0.05, 0.1) is 18.0 Å². The normalized spacial score (nSPS) is 10.2. The van der Waals surface area contributed by atoms with E-state index in [4.69, 9.17) is 9.26 Å². The second kappa shape index (κ2) is 8.02. The van der Waals surface area contributed by atoms with E-state index in [0.29, 0.717) is 35.3 Å². The van der Waals surface area contributed by atoms with Crippen LogP contribution in [0.1, 0.15) is 12.7 Å². The Morgan fingerprint density at radius 1 is 1.12 bits per heavy atom. The van der Waals surface area contributed by atoms with Crippen LogP contribution in [0, 0.1) is 6.92 Å². The van der Waals surface area contributed by atoms with E-state index in [1.807, 2.05) is 25.1 Å². The molecule has 0 bridgehead atoms. The van der Waals surface area contributed by atoms with Crippen LogP contribution < -0.4 is 20.7 Å². The van der Waals surface area contributed by atoms with E-state index in [9.17, 15) is 4.79 Å². The number of aromatic nitrogens is 2. The topological polar surface area (TPSA) is 101 Å². The van der Waals surface area contributed by atoms with Crippen molar-refractivity contribution in [2.75, 3.05) is 22.6 Å². The van der Waals surface area contributed by atoms with Gasteiger partial charge in [-0.15, -0.1) is 0 Å². The zero-order chi connectivity index (χ0) is 18.4. The molecule has 0 saturated carbocycles. The highest BCUT2D eigenvalue weighted by atomic mass is 16.5. The molecule has 3 rings (SSSR count). The quantitative estimate of drug-likeness (QED) is 0.615. The van der Waals surface area contributed by atoms with Gasteiger partial charge in [0.15, 0.2) is 5.82 Å². The Morgan fingerprint density at radius 2 is 1.92 bits per heavy atom. The number of carbonyl (C=O) groups excluding carboxylic acids is 1. The predicted octanol–water partition coefficient (Wildman–Crippen LogP) is 4.16. The first kappa shape index (κ1) is 17.3. The van der Waals surface area contributed by atoms with Crippen LogP contribution in [-0.4, -0.2) is 22.8 Å². The summed E-state index contributed by atoms with van der Waals surface area (Å²) in [5.74, 6) is 1.65. The molecule has 0 aliphatic heterocycles. The standard InChI is InChI=1S/C18H19N5O3/c1-3-25-14-4-5-15(16(11-14)20-13-6-8-19-9-7-13)21-18(24)22-17-10-12(2)26-23-17/h4-11H,3H2,1-2H3,(H,19,20)(H2,21,22,23,24). The van der Waals surface area contributed by atoms with E-state index in [0.717, 1.165) is 5.69 Å². The molecule has 0 saturated heterocycles. The van der Waals surface area contributed by atoms with Gasteiger partial charge in [-0.05, 0) is 38.1 Å². The Labute approximate surface area is 150 Å². The van der Waals surface area contributed by atoms with Crippen molar-refractivity contribution in [3.8, 4) is 5.75 Å². The fourth-order valence-electron chi connectivity index (χ4n) is 2.28. The molecule has 0 fully saturated rings. The van der Waals surface area contributed by atoms with Crippen molar-refractivity contribution in [2.45, 2.75) is 13.8 Å². The summed E-state index contributed by atoms with van der Waals surface area (Å²) >= 11 is 0. The summed E-state index contributed by atoms with van der Waals surface area (Å²) in [4.78, 5) is 16.2. The van der Waals surface area contributed by atoms with Gasteiger partial charge in [0, 0.05) is 30.2 Å². The molecule has 134 valence electrons. The van der Waals surface area contributed by atoms with Crippen molar-refractivity contribution in [3.63, 3.8) is 0 Å². The van der Waals surface area contributed by atoms with Crippen LogP contribution in [0.4, 0.5) is 27.7 Å². The van der Waals surface area contributed by atoms with Crippen LogP contribution in [0.5, 0.6) is 5.75 Å². The van der Waals surface area contributed by atoms with Crippen molar-refractivity contribution >= 4 is 28.9 Å². The van der Waals surface area contributed by atoms with Crippen LogP contribution in [-0.2, 0) is 0 Å².